The summed E-state index contributed by atoms with van der Waals surface area (Å²) in [5, 5.41) is 0. The first-order chi connectivity index (χ1) is 27.6. The average molecular weight is 718 g/mol. The van der Waals surface area contributed by atoms with E-state index in [0.717, 1.165) is 61.5 Å². The molecule has 1 aliphatic heterocycles. The number of nitrogens with zero attached hydrogens (tertiary/aromatic N) is 3. The fourth-order valence-corrected chi connectivity index (χ4v) is 8.50. The summed E-state index contributed by atoms with van der Waals surface area (Å²) in [5.74, 6) is 0.979. The van der Waals surface area contributed by atoms with Crippen LogP contribution in [0.4, 0.5) is 11.4 Å². The maximum Gasteiger partial charge on any atom is 0.160 e. The number of hydrogen-bond acceptors (Lipinski definition) is 3. The van der Waals surface area contributed by atoms with Gasteiger partial charge in [0.15, 0.2) is 5.82 Å². The number of para-hydroxylation sites is 1. The van der Waals surface area contributed by atoms with Gasteiger partial charge in [-0.2, -0.15) is 0 Å². The molecule has 3 nitrogen and oxygen atoms in total. The average Bonchev–Trinajstić information content (AvgIpc) is 3.55. The molecule has 0 amide bonds. The van der Waals surface area contributed by atoms with Crippen LogP contribution >= 0.6 is 0 Å². The highest BCUT2D eigenvalue weighted by Crippen LogP contribution is 2.54. The lowest BCUT2D eigenvalue weighted by atomic mass is 9.80. The van der Waals surface area contributed by atoms with Gasteiger partial charge in [-0.25, -0.2) is 9.97 Å². The molecular formula is C53H39N3. The summed E-state index contributed by atoms with van der Waals surface area (Å²) in [6.07, 6.45) is 9.05. The number of anilines is 2. The van der Waals surface area contributed by atoms with Crippen LogP contribution in [0.3, 0.4) is 0 Å². The number of aromatic nitrogens is 2. The third-order valence-corrected chi connectivity index (χ3v) is 11.3. The Bertz CT molecular complexity index is 2710. The Hall–Kier alpha value is -7.10. The van der Waals surface area contributed by atoms with Gasteiger partial charge in [0.05, 0.1) is 16.9 Å². The predicted octanol–water partition coefficient (Wildman–Crippen LogP) is 13.6. The molecule has 10 rings (SSSR count). The Morgan fingerprint density at radius 1 is 0.429 bits per heavy atom. The maximum absolute atomic E-state index is 5.33. The summed E-state index contributed by atoms with van der Waals surface area (Å²) in [4.78, 5) is 13.1. The molecule has 3 heteroatoms. The Morgan fingerprint density at radius 2 is 0.946 bits per heavy atom. The number of rotatable bonds is 7. The van der Waals surface area contributed by atoms with Gasteiger partial charge in [0.25, 0.3) is 0 Å². The summed E-state index contributed by atoms with van der Waals surface area (Å²) in [6, 6.07) is 66.9. The first kappa shape index (κ1) is 33.5. The van der Waals surface area contributed by atoms with Gasteiger partial charge in [-0.1, -0.05) is 164 Å². The van der Waals surface area contributed by atoms with E-state index in [1.807, 2.05) is 6.07 Å². The van der Waals surface area contributed by atoms with Crippen LogP contribution in [0.2, 0.25) is 0 Å². The second-order valence-electron chi connectivity index (χ2n) is 14.8. The Balaban J connectivity index is 1.09. The second-order valence-corrected chi connectivity index (χ2v) is 14.8. The fraction of sp³-hybridized carbons (Fsp3) is 0.0566. The monoisotopic (exact) mass is 717 g/mol. The summed E-state index contributed by atoms with van der Waals surface area (Å²) in [7, 11) is 0. The van der Waals surface area contributed by atoms with Crippen LogP contribution in [-0.4, -0.2) is 15.5 Å². The van der Waals surface area contributed by atoms with E-state index in [-0.39, 0.29) is 5.54 Å². The standard InChI is InChI=1S/C53H39N3/c1-53-30-14-13-28-48(53)47-27-11-12-29-51(47)56(53)46-26-16-24-41(35-46)40-23-15-25-42(31-40)50-36-49(39-21-9-4-10-22-39)54-52(55-50)45-33-43(37-17-5-2-6-18-37)32-44(34-45)38-19-7-3-8-20-38/h2-36,48H,1H3. The van der Waals surface area contributed by atoms with Crippen molar-refractivity contribution in [2.75, 3.05) is 4.90 Å². The zero-order valence-corrected chi connectivity index (χ0v) is 31.1. The highest BCUT2D eigenvalue weighted by atomic mass is 15.2. The number of hydrogen-bond donors (Lipinski definition) is 0. The van der Waals surface area contributed by atoms with Crippen LogP contribution in [0, 0.1) is 0 Å². The lowest BCUT2D eigenvalue weighted by Crippen LogP contribution is -2.41. The van der Waals surface area contributed by atoms with Gasteiger partial charge >= 0.3 is 0 Å². The fourth-order valence-electron chi connectivity index (χ4n) is 8.50. The topological polar surface area (TPSA) is 29.0 Å². The predicted molar refractivity (Wildman–Crippen MR) is 233 cm³/mol. The molecule has 1 aliphatic carbocycles. The minimum absolute atomic E-state index is 0.192. The van der Waals surface area contributed by atoms with E-state index in [0.29, 0.717) is 11.7 Å². The zero-order chi connectivity index (χ0) is 37.5. The minimum Gasteiger partial charge on any atom is -0.331 e. The van der Waals surface area contributed by atoms with Crippen LogP contribution in [0.15, 0.2) is 212 Å². The summed E-state index contributed by atoms with van der Waals surface area (Å²) in [5.41, 5.74) is 15.3. The molecule has 0 radical (unpaired) electrons. The molecular weight excluding hydrogens is 679 g/mol. The SMILES string of the molecule is CC12C=CC=CC1c1ccccc1N2c1cccc(-c2cccc(-c3cc(-c4ccccc4)nc(-c4cc(-c5ccccc5)cc(-c5ccccc5)c4)n3)c2)c1. The van der Waals surface area contributed by atoms with E-state index in [9.17, 15) is 0 Å². The number of benzene rings is 7. The van der Waals surface area contributed by atoms with Gasteiger partial charge < -0.3 is 4.90 Å². The summed E-state index contributed by atoms with van der Waals surface area (Å²) in [6.45, 7) is 2.35. The van der Waals surface area contributed by atoms with Crippen molar-refractivity contribution in [2.45, 2.75) is 18.4 Å². The van der Waals surface area contributed by atoms with Gasteiger partial charge in [-0.15, -0.1) is 0 Å². The maximum atomic E-state index is 5.33. The molecule has 56 heavy (non-hydrogen) atoms. The molecule has 7 aromatic carbocycles. The van der Waals surface area contributed by atoms with E-state index in [2.05, 4.69) is 218 Å². The molecule has 1 aromatic heterocycles. The third kappa shape index (κ3) is 6.04. The smallest absolute Gasteiger partial charge is 0.160 e. The van der Waals surface area contributed by atoms with E-state index < -0.39 is 0 Å². The van der Waals surface area contributed by atoms with Crippen molar-refractivity contribution in [1.29, 1.82) is 0 Å². The molecule has 0 fully saturated rings. The first-order valence-electron chi connectivity index (χ1n) is 19.3. The van der Waals surface area contributed by atoms with Gasteiger partial charge in [0, 0.05) is 34.0 Å². The molecule has 0 N–H and O–H groups in total. The van der Waals surface area contributed by atoms with Crippen LogP contribution in [0.5, 0.6) is 0 Å². The van der Waals surface area contributed by atoms with Crippen molar-refractivity contribution in [1.82, 2.24) is 9.97 Å². The molecule has 0 bridgehead atoms. The molecule has 0 saturated heterocycles. The Morgan fingerprint density at radius 3 is 1.64 bits per heavy atom. The highest BCUT2D eigenvalue weighted by molar-refractivity contribution is 5.83. The zero-order valence-electron chi connectivity index (χ0n) is 31.1. The van der Waals surface area contributed by atoms with Crippen molar-refractivity contribution in [3.8, 4) is 67.3 Å². The Labute approximate surface area is 328 Å². The van der Waals surface area contributed by atoms with E-state index in [4.69, 9.17) is 9.97 Å². The van der Waals surface area contributed by atoms with Crippen molar-refractivity contribution in [2.24, 2.45) is 0 Å². The van der Waals surface area contributed by atoms with Gasteiger partial charge in [0.2, 0.25) is 0 Å². The van der Waals surface area contributed by atoms with Crippen molar-refractivity contribution in [3.05, 3.63) is 218 Å². The highest BCUT2D eigenvalue weighted by Gasteiger charge is 2.46. The van der Waals surface area contributed by atoms with Gasteiger partial charge in [-0.05, 0) is 94.4 Å². The first-order valence-corrected chi connectivity index (χ1v) is 19.3. The minimum atomic E-state index is -0.192. The molecule has 266 valence electrons. The largest absolute Gasteiger partial charge is 0.331 e. The molecule has 2 unspecified atom stereocenters. The molecule has 2 aliphatic rings. The number of allylic oxidation sites excluding steroid dienone is 2. The van der Waals surface area contributed by atoms with E-state index >= 15 is 0 Å². The van der Waals surface area contributed by atoms with E-state index in [1.54, 1.807) is 0 Å². The quantitative estimate of drug-likeness (QED) is 0.164. The van der Waals surface area contributed by atoms with Gasteiger partial charge in [-0.3, -0.25) is 0 Å². The third-order valence-electron chi connectivity index (χ3n) is 11.3. The lowest BCUT2D eigenvalue weighted by molar-refractivity contribution is 0.542. The molecule has 2 heterocycles. The lowest BCUT2D eigenvalue weighted by Gasteiger charge is -2.39. The summed E-state index contributed by atoms with van der Waals surface area (Å²) < 4.78 is 0. The Kier molecular flexibility index (Phi) is 8.34. The number of fused-ring (bicyclic) bond motifs is 3. The molecule has 8 aromatic rings. The van der Waals surface area contributed by atoms with Crippen LogP contribution in [-0.2, 0) is 0 Å². The van der Waals surface area contributed by atoms with Crippen molar-refractivity contribution in [3.63, 3.8) is 0 Å². The normalized spacial score (nSPS) is 16.7. The van der Waals surface area contributed by atoms with E-state index in [1.165, 1.54) is 16.9 Å². The van der Waals surface area contributed by atoms with Crippen molar-refractivity contribution >= 4 is 11.4 Å². The van der Waals surface area contributed by atoms with Crippen LogP contribution in [0.1, 0.15) is 18.4 Å². The second kappa shape index (κ2) is 14.0. The van der Waals surface area contributed by atoms with Gasteiger partial charge in [0.1, 0.15) is 0 Å². The molecule has 0 saturated carbocycles. The molecule has 0 spiro atoms. The van der Waals surface area contributed by atoms with Crippen LogP contribution < -0.4 is 4.90 Å². The molecule has 2 atom stereocenters. The van der Waals surface area contributed by atoms with Crippen LogP contribution in [0.25, 0.3) is 67.3 Å². The summed E-state index contributed by atoms with van der Waals surface area (Å²) >= 11 is 0. The van der Waals surface area contributed by atoms with Crippen molar-refractivity contribution < 1.29 is 0 Å².